The Labute approximate surface area is 124 Å². The molecule has 0 radical (unpaired) electrons. The fourth-order valence-corrected chi connectivity index (χ4v) is 3.12. The number of hydrogen-bond donors (Lipinski definition) is 2. The maximum Gasteiger partial charge on any atom is 0.126 e. The minimum absolute atomic E-state index is 0.0330. The predicted octanol–water partition coefficient (Wildman–Crippen LogP) is 2.97. The highest BCUT2D eigenvalue weighted by Crippen LogP contribution is 2.19. The summed E-state index contributed by atoms with van der Waals surface area (Å²) in [5.74, 6) is 5.35. The highest BCUT2D eigenvalue weighted by molar-refractivity contribution is 9.10. The number of benzene rings is 1. The Kier molecular flexibility index (Phi) is 5.04. The van der Waals surface area contributed by atoms with Crippen molar-refractivity contribution in [1.82, 2.24) is 10.4 Å². The molecule has 0 aliphatic carbocycles. The molecular formula is C13H15BrFN3S. The van der Waals surface area contributed by atoms with Gasteiger partial charge in [0, 0.05) is 28.0 Å². The second kappa shape index (κ2) is 6.56. The zero-order valence-electron chi connectivity index (χ0n) is 10.5. The summed E-state index contributed by atoms with van der Waals surface area (Å²) in [4.78, 5) is 4.40. The molecule has 1 unspecified atom stereocenters. The van der Waals surface area contributed by atoms with Crippen LogP contribution in [-0.2, 0) is 12.8 Å². The maximum absolute atomic E-state index is 13.7. The summed E-state index contributed by atoms with van der Waals surface area (Å²) in [5.41, 5.74) is 4.39. The number of aromatic nitrogens is 1. The summed E-state index contributed by atoms with van der Waals surface area (Å²) in [6.07, 6.45) is 1.22. The molecular weight excluding hydrogens is 329 g/mol. The van der Waals surface area contributed by atoms with Gasteiger partial charge in [-0.3, -0.25) is 11.3 Å². The third-order valence-corrected chi connectivity index (χ3v) is 4.28. The summed E-state index contributed by atoms with van der Waals surface area (Å²) in [7, 11) is 0. The van der Waals surface area contributed by atoms with Crippen molar-refractivity contribution in [2.45, 2.75) is 25.8 Å². The lowest BCUT2D eigenvalue weighted by Crippen LogP contribution is -2.38. The van der Waals surface area contributed by atoms with E-state index in [4.69, 9.17) is 5.84 Å². The molecule has 1 aromatic carbocycles. The average molecular weight is 344 g/mol. The van der Waals surface area contributed by atoms with Crippen molar-refractivity contribution >= 4 is 27.3 Å². The van der Waals surface area contributed by atoms with E-state index in [1.165, 1.54) is 6.07 Å². The van der Waals surface area contributed by atoms with E-state index in [-0.39, 0.29) is 11.9 Å². The number of nitrogens with one attached hydrogen (secondary N) is 1. The molecule has 102 valence electrons. The van der Waals surface area contributed by atoms with Crippen LogP contribution in [0.1, 0.15) is 16.3 Å². The van der Waals surface area contributed by atoms with E-state index in [2.05, 4.69) is 26.3 Å². The first kappa shape index (κ1) is 14.6. The van der Waals surface area contributed by atoms with Crippen LogP contribution in [0.4, 0.5) is 4.39 Å². The van der Waals surface area contributed by atoms with Crippen molar-refractivity contribution in [1.29, 1.82) is 0 Å². The van der Waals surface area contributed by atoms with Crippen LogP contribution >= 0.6 is 27.3 Å². The molecule has 0 spiro atoms. The first-order valence-electron chi connectivity index (χ1n) is 5.89. The third kappa shape index (κ3) is 4.07. The number of halogens is 2. The molecule has 3 nitrogen and oxygen atoms in total. The van der Waals surface area contributed by atoms with Gasteiger partial charge in [0.05, 0.1) is 5.01 Å². The molecule has 19 heavy (non-hydrogen) atoms. The molecule has 0 amide bonds. The van der Waals surface area contributed by atoms with Crippen molar-refractivity contribution in [3.05, 3.63) is 50.1 Å². The standard InChI is InChI=1S/C13H15BrFN3S/c1-8-7-19-13(17-8)6-11(18-16)5-9-4-10(14)2-3-12(9)15/h2-4,7,11,18H,5-6,16H2,1H3. The van der Waals surface area contributed by atoms with Crippen LogP contribution in [0.2, 0.25) is 0 Å². The predicted molar refractivity (Wildman–Crippen MR) is 79.5 cm³/mol. The van der Waals surface area contributed by atoms with E-state index < -0.39 is 0 Å². The number of aryl methyl sites for hydroxylation is 1. The van der Waals surface area contributed by atoms with Gasteiger partial charge in [-0.1, -0.05) is 15.9 Å². The molecule has 3 N–H and O–H groups in total. The summed E-state index contributed by atoms with van der Waals surface area (Å²) >= 11 is 4.95. The van der Waals surface area contributed by atoms with E-state index in [9.17, 15) is 4.39 Å². The first-order valence-corrected chi connectivity index (χ1v) is 7.57. The van der Waals surface area contributed by atoms with E-state index in [0.29, 0.717) is 18.4 Å². The van der Waals surface area contributed by atoms with E-state index in [1.807, 2.05) is 12.3 Å². The second-order valence-electron chi connectivity index (χ2n) is 4.39. The van der Waals surface area contributed by atoms with Gasteiger partial charge in [-0.15, -0.1) is 11.3 Å². The van der Waals surface area contributed by atoms with Gasteiger partial charge in [0.25, 0.3) is 0 Å². The van der Waals surface area contributed by atoms with Gasteiger partial charge in [0.2, 0.25) is 0 Å². The normalized spacial score (nSPS) is 12.6. The van der Waals surface area contributed by atoms with Crippen LogP contribution < -0.4 is 11.3 Å². The SMILES string of the molecule is Cc1csc(CC(Cc2cc(Br)ccc2F)NN)n1. The van der Waals surface area contributed by atoms with Gasteiger partial charge >= 0.3 is 0 Å². The zero-order valence-corrected chi connectivity index (χ0v) is 12.9. The van der Waals surface area contributed by atoms with Gasteiger partial charge in [-0.2, -0.15) is 0 Å². The number of hydrogen-bond acceptors (Lipinski definition) is 4. The summed E-state index contributed by atoms with van der Waals surface area (Å²) in [6.45, 7) is 1.96. The highest BCUT2D eigenvalue weighted by Gasteiger charge is 2.14. The Balaban J connectivity index is 2.08. The minimum atomic E-state index is -0.209. The smallest absolute Gasteiger partial charge is 0.126 e. The van der Waals surface area contributed by atoms with Crippen LogP contribution in [0.15, 0.2) is 28.1 Å². The summed E-state index contributed by atoms with van der Waals surface area (Å²) in [6, 6.07) is 4.90. The number of nitrogens with two attached hydrogens (primary N) is 1. The topological polar surface area (TPSA) is 50.9 Å². The van der Waals surface area contributed by atoms with Crippen LogP contribution in [0, 0.1) is 12.7 Å². The Hall–Kier alpha value is -0.820. The van der Waals surface area contributed by atoms with Gasteiger partial charge in [0.15, 0.2) is 0 Å². The van der Waals surface area contributed by atoms with Gasteiger partial charge in [0.1, 0.15) is 5.82 Å². The van der Waals surface area contributed by atoms with Gasteiger partial charge in [-0.05, 0) is 37.1 Å². The van der Waals surface area contributed by atoms with Crippen LogP contribution in [-0.4, -0.2) is 11.0 Å². The Morgan fingerprint density at radius 3 is 2.89 bits per heavy atom. The van der Waals surface area contributed by atoms with Gasteiger partial charge in [-0.25, -0.2) is 9.37 Å². The molecule has 1 heterocycles. The molecule has 0 fully saturated rings. The van der Waals surface area contributed by atoms with E-state index in [0.717, 1.165) is 15.2 Å². The quantitative estimate of drug-likeness (QED) is 0.648. The highest BCUT2D eigenvalue weighted by atomic mass is 79.9. The first-order chi connectivity index (χ1) is 9.08. The lowest BCUT2D eigenvalue weighted by Gasteiger charge is -2.15. The molecule has 0 aliphatic rings. The average Bonchev–Trinajstić information content (AvgIpc) is 2.78. The Morgan fingerprint density at radius 2 is 2.26 bits per heavy atom. The van der Waals surface area contributed by atoms with Crippen molar-refractivity contribution in [2.24, 2.45) is 5.84 Å². The molecule has 1 aromatic heterocycles. The fraction of sp³-hybridized carbons (Fsp3) is 0.308. The maximum atomic E-state index is 13.7. The summed E-state index contributed by atoms with van der Waals surface area (Å²) < 4.78 is 14.6. The van der Waals surface area contributed by atoms with Crippen LogP contribution in [0.5, 0.6) is 0 Å². The number of nitrogens with zero attached hydrogens (tertiary/aromatic N) is 1. The molecule has 2 rings (SSSR count). The largest absolute Gasteiger partial charge is 0.271 e. The molecule has 6 heteroatoms. The van der Waals surface area contributed by atoms with E-state index in [1.54, 1.807) is 23.5 Å². The molecule has 0 saturated carbocycles. The van der Waals surface area contributed by atoms with Gasteiger partial charge < -0.3 is 0 Å². The fourth-order valence-electron chi connectivity index (χ4n) is 1.86. The zero-order chi connectivity index (χ0) is 13.8. The molecule has 2 aromatic rings. The van der Waals surface area contributed by atoms with Crippen molar-refractivity contribution in [3.63, 3.8) is 0 Å². The summed E-state index contributed by atoms with van der Waals surface area (Å²) in [5, 5.41) is 3.01. The van der Waals surface area contributed by atoms with Crippen LogP contribution in [0.25, 0.3) is 0 Å². The molecule has 0 aliphatic heterocycles. The van der Waals surface area contributed by atoms with E-state index >= 15 is 0 Å². The van der Waals surface area contributed by atoms with Crippen molar-refractivity contribution < 1.29 is 4.39 Å². The van der Waals surface area contributed by atoms with Crippen molar-refractivity contribution in [2.75, 3.05) is 0 Å². The van der Waals surface area contributed by atoms with Crippen LogP contribution in [0.3, 0.4) is 0 Å². The number of rotatable bonds is 5. The monoisotopic (exact) mass is 343 g/mol. The number of thiazole rings is 1. The number of hydrazine groups is 1. The third-order valence-electron chi connectivity index (χ3n) is 2.80. The molecule has 0 bridgehead atoms. The Morgan fingerprint density at radius 1 is 1.47 bits per heavy atom. The lowest BCUT2D eigenvalue weighted by atomic mass is 10.0. The molecule has 0 saturated heterocycles. The lowest BCUT2D eigenvalue weighted by molar-refractivity contribution is 0.505. The van der Waals surface area contributed by atoms with Crippen molar-refractivity contribution in [3.8, 4) is 0 Å². The molecule has 1 atom stereocenters. The second-order valence-corrected chi connectivity index (χ2v) is 6.25. The Bertz CT molecular complexity index is 559. The minimum Gasteiger partial charge on any atom is -0.271 e.